The van der Waals surface area contributed by atoms with Gasteiger partial charge in [0.2, 0.25) is 5.43 Å². The van der Waals surface area contributed by atoms with Gasteiger partial charge < -0.3 is 14.3 Å². The van der Waals surface area contributed by atoms with Crippen LogP contribution in [0, 0.1) is 0 Å². The fourth-order valence-electron chi connectivity index (χ4n) is 2.84. The van der Waals surface area contributed by atoms with Crippen molar-refractivity contribution >= 4 is 38.7 Å². The molecule has 6 nitrogen and oxygen atoms in total. The average molecular weight is 388 g/mol. The third-order valence-electron chi connectivity index (χ3n) is 4.29. The zero-order valence-corrected chi connectivity index (χ0v) is 15.9. The van der Waals surface area contributed by atoms with Crippen LogP contribution in [0.3, 0.4) is 0 Å². The summed E-state index contributed by atoms with van der Waals surface area (Å²) in [7, 11) is -1.31. The van der Waals surface area contributed by atoms with Crippen molar-refractivity contribution < 1.29 is 23.3 Å². The number of hydrogen-bond acceptors (Lipinski definition) is 5. The van der Waals surface area contributed by atoms with Gasteiger partial charge in [0.1, 0.15) is 5.58 Å². The first kappa shape index (κ1) is 19.1. The van der Waals surface area contributed by atoms with Crippen LogP contribution in [0.5, 0.6) is 5.75 Å². The van der Waals surface area contributed by atoms with E-state index < -0.39 is 16.8 Å². The van der Waals surface area contributed by atoms with E-state index in [1.54, 1.807) is 6.07 Å². The monoisotopic (exact) mass is 388 g/mol. The van der Waals surface area contributed by atoms with Gasteiger partial charge in [-0.25, -0.2) is 4.79 Å². The number of hydrogen-bond donors (Lipinski definition) is 1. The number of fused-ring (bicyclic) bond motifs is 2. The number of rotatable bonds is 7. The molecule has 2 aromatic carbocycles. The summed E-state index contributed by atoms with van der Waals surface area (Å²) in [4.78, 5) is 24.6. The van der Waals surface area contributed by atoms with E-state index in [1.165, 1.54) is 30.5 Å². The highest BCUT2D eigenvalue weighted by atomic mass is 32.2. The molecule has 0 aliphatic heterocycles. The Labute approximate surface area is 158 Å². The van der Waals surface area contributed by atoms with Crippen molar-refractivity contribution in [3.05, 3.63) is 46.1 Å². The number of aromatic carboxylic acids is 1. The number of ether oxygens (including phenoxy) is 1. The van der Waals surface area contributed by atoms with Gasteiger partial charge in [0.05, 0.1) is 22.9 Å². The van der Waals surface area contributed by atoms with Crippen LogP contribution in [0.4, 0.5) is 0 Å². The van der Waals surface area contributed by atoms with E-state index in [2.05, 4.69) is 6.92 Å². The number of carboxylic acids is 1. The van der Waals surface area contributed by atoms with Crippen molar-refractivity contribution in [2.75, 3.05) is 12.9 Å². The lowest BCUT2D eigenvalue weighted by Gasteiger charge is -2.11. The molecule has 7 heteroatoms. The molecule has 0 saturated carbocycles. The Balaban J connectivity index is 2.23. The highest BCUT2D eigenvalue weighted by Crippen LogP contribution is 2.30. The molecule has 1 atom stereocenters. The Hall–Kier alpha value is -2.67. The number of carboxylic acid groups (broad SMARTS) is 1. The first-order chi connectivity index (χ1) is 12.9. The van der Waals surface area contributed by atoms with Crippen molar-refractivity contribution in [1.29, 1.82) is 0 Å². The van der Waals surface area contributed by atoms with Gasteiger partial charge >= 0.3 is 5.97 Å². The molecular formula is C20H20O6S. The van der Waals surface area contributed by atoms with Gasteiger partial charge in [-0.05, 0) is 30.7 Å². The molecular weight excluding hydrogens is 368 g/mol. The zero-order chi connectivity index (χ0) is 19.6. The molecule has 0 aliphatic rings. The summed E-state index contributed by atoms with van der Waals surface area (Å²) >= 11 is 0. The Morgan fingerprint density at radius 3 is 2.63 bits per heavy atom. The fourth-order valence-corrected chi connectivity index (χ4v) is 3.40. The van der Waals surface area contributed by atoms with Crippen molar-refractivity contribution in [2.24, 2.45) is 0 Å². The molecule has 0 bridgehead atoms. The first-order valence-corrected chi connectivity index (χ1v) is 10.2. The third-order valence-corrected chi connectivity index (χ3v) is 5.19. The largest absolute Gasteiger partial charge is 0.490 e. The van der Waals surface area contributed by atoms with E-state index in [0.29, 0.717) is 17.3 Å². The van der Waals surface area contributed by atoms with Crippen molar-refractivity contribution in [3.8, 4) is 5.75 Å². The second kappa shape index (κ2) is 7.92. The third kappa shape index (κ3) is 3.88. The van der Waals surface area contributed by atoms with Crippen LogP contribution in [0.1, 0.15) is 36.5 Å². The predicted octanol–water partition coefficient (Wildman–Crippen LogP) is 3.95. The minimum absolute atomic E-state index is 0.000381. The summed E-state index contributed by atoms with van der Waals surface area (Å²) in [6.07, 6.45) is 4.45. The quantitative estimate of drug-likeness (QED) is 0.486. The topological polar surface area (TPSA) is 93.8 Å². The van der Waals surface area contributed by atoms with Crippen LogP contribution >= 0.6 is 0 Å². The lowest BCUT2D eigenvalue weighted by molar-refractivity contribution is 0.0697. The van der Waals surface area contributed by atoms with Crippen molar-refractivity contribution in [3.63, 3.8) is 0 Å². The molecule has 3 rings (SSSR count). The second-order valence-corrected chi connectivity index (χ2v) is 7.63. The minimum atomic E-state index is -1.31. The molecule has 1 unspecified atom stereocenters. The maximum absolute atomic E-state index is 13.0. The molecule has 0 fully saturated rings. The molecule has 27 heavy (non-hydrogen) atoms. The normalized spacial score (nSPS) is 12.4. The molecule has 142 valence electrons. The Kier molecular flexibility index (Phi) is 5.60. The summed E-state index contributed by atoms with van der Waals surface area (Å²) in [6, 6.07) is 7.29. The summed E-state index contributed by atoms with van der Waals surface area (Å²) in [5.74, 6) is -0.755. The summed E-state index contributed by atoms with van der Waals surface area (Å²) in [5.41, 5.74) is 0.183. The van der Waals surface area contributed by atoms with Gasteiger partial charge in [-0.1, -0.05) is 19.8 Å². The van der Waals surface area contributed by atoms with Crippen molar-refractivity contribution in [2.45, 2.75) is 31.1 Å². The minimum Gasteiger partial charge on any atom is -0.490 e. The summed E-state index contributed by atoms with van der Waals surface area (Å²) < 4.78 is 23.7. The smallest absolute Gasteiger partial charge is 0.335 e. The number of unbranched alkanes of at least 4 members (excludes halogenated alkanes) is 2. The average Bonchev–Trinajstić information content (AvgIpc) is 2.65. The lowest BCUT2D eigenvalue weighted by Crippen LogP contribution is -2.07. The maximum atomic E-state index is 13.0. The fraction of sp³-hybridized carbons (Fsp3) is 0.300. The highest BCUT2D eigenvalue weighted by Gasteiger charge is 2.16. The van der Waals surface area contributed by atoms with Crippen LogP contribution in [-0.2, 0) is 10.8 Å². The molecule has 0 saturated heterocycles. The Morgan fingerprint density at radius 2 is 1.96 bits per heavy atom. The summed E-state index contributed by atoms with van der Waals surface area (Å²) in [5, 5.41) is 9.55. The van der Waals surface area contributed by atoms with Crippen molar-refractivity contribution in [1.82, 2.24) is 0 Å². The van der Waals surface area contributed by atoms with Gasteiger partial charge in [0, 0.05) is 28.0 Å². The first-order valence-electron chi connectivity index (χ1n) is 8.66. The van der Waals surface area contributed by atoms with Crippen LogP contribution in [0.15, 0.2) is 44.4 Å². The van der Waals surface area contributed by atoms with Crippen LogP contribution in [0.2, 0.25) is 0 Å². The van der Waals surface area contributed by atoms with E-state index in [9.17, 15) is 13.8 Å². The lowest BCUT2D eigenvalue weighted by atomic mass is 10.1. The molecule has 1 N–H and O–H groups in total. The van der Waals surface area contributed by atoms with E-state index in [1.807, 2.05) is 0 Å². The second-order valence-electron chi connectivity index (χ2n) is 6.26. The Morgan fingerprint density at radius 1 is 1.19 bits per heavy atom. The molecule has 1 heterocycles. The van der Waals surface area contributed by atoms with Gasteiger partial charge in [-0.15, -0.1) is 0 Å². The summed E-state index contributed by atoms with van der Waals surface area (Å²) in [6.45, 7) is 2.55. The highest BCUT2D eigenvalue weighted by molar-refractivity contribution is 7.84. The van der Waals surface area contributed by atoms with Crippen LogP contribution in [0.25, 0.3) is 21.9 Å². The van der Waals surface area contributed by atoms with Gasteiger partial charge in [0.15, 0.2) is 11.3 Å². The van der Waals surface area contributed by atoms with E-state index in [0.717, 1.165) is 19.3 Å². The molecule has 0 amide bonds. The Bertz CT molecular complexity index is 1100. The van der Waals surface area contributed by atoms with Gasteiger partial charge in [-0.3, -0.25) is 9.00 Å². The molecule has 0 spiro atoms. The van der Waals surface area contributed by atoms with Gasteiger partial charge in [-0.2, -0.15) is 0 Å². The number of benzene rings is 2. The van der Waals surface area contributed by atoms with Crippen LogP contribution < -0.4 is 10.2 Å². The molecule has 3 aromatic rings. The molecule has 0 aliphatic carbocycles. The van der Waals surface area contributed by atoms with Crippen LogP contribution in [-0.4, -0.2) is 28.1 Å². The molecule has 1 aromatic heterocycles. The SMILES string of the molecule is CCCCCOc1cc(S(C)=O)cc2c(=O)c3cc(C(=O)O)ccc3oc12. The van der Waals surface area contributed by atoms with E-state index in [4.69, 9.17) is 14.3 Å². The van der Waals surface area contributed by atoms with E-state index in [-0.39, 0.29) is 32.9 Å². The standard InChI is InChI=1S/C20H20O6S/c1-3-4-5-8-25-17-11-13(27(2)24)10-15-18(21)14-9-12(20(22)23)6-7-16(14)26-19(15)17/h6-7,9-11H,3-5,8H2,1-2H3,(H,22,23). The number of carbonyl (C=O) groups is 1. The van der Waals surface area contributed by atoms with E-state index >= 15 is 0 Å². The predicted molar refractivity (Wildman–Crippen MR) is 104 cm³/mol. The zero-order valence-electron chi connectivity index (χ0n) is 15.1. The van der Waals surface area contributed by atoms with Gasteiger partial charge in [0.25, 0.3) is 0 Å². The molecule has 0 radical (unpaired) electrons. The maximum Gasteiger partial charge on any atom is 0.335 e.